The van der Waals surface area contributed by atoms with Crippen LogP contribution in [0.15, 0.2) is 54.7 Å². The Morgan fingerprint density at radius 1 is 1.12 bits per heavy atom. The van der Waals surface area contributed by atoms with Gasteiger partial charge in [0.25, 0.3) is 5.91 Å². The number of benzene rings is 2. The molecule has 1 saturated heterocycles. The van der Waals surface area contributed by atoms with Crippen LogP contribution in [0.1, 0.15) is 46.8 Å². The van der Waals surface area contributed by atoms with Gasteiger partial charge in [-0.25, -0.2) is 0 Å². The number of pyridine rings is 1. The number of nitrogens with zero attached hydrogens (tertiary/aromatic N) is 2. The predicted octanol–water partition coefficient (Wildman–Crippen LogP) is 3.80. The van der Waals surface area contributed by atoms with E-state index in [0.29, 0.717) is 22.2 Å². The van der Waals surface area contributed by atoms with Crippen LogP contribution < -0.4 is 11.1 Å². The first kappa shape index (κ1) is 24.0. The summed E-state index contributed by atoms with van der Waals surface area (Å²) in [5.41, 5.74) is 8.82. The zero-order chi connectivity index (χ0) is 22.7. The van der Waals surface area contributed by atoms with Crippen molar-refractivity contribution in [2.75, 3.05) is 18.4 Å². The van der Waals surface area contributed by atoms with Gasteiger partial charge in [0.1, 0.15) is 5.84 Å². The molecule has 9 heteroatoms. The van der Waals surface area contributed by atoms with Crippen molar-refractivity contribution >= 4 is 46.7 Å². The van der Waals surface area contributed by atoms with Gasteiger partial charge in [0, 0.05) is 41.5 Å². The van der Waals surface area contributed by atoms with Gasteiger partial charge >= 0.3 is 5.97 Å². The standard InChI is InChI=1S/C24H25N5O3.ClH/c25-23(26)16-5-3-4-15(12-16)20(14-22(30)31)28-19-8-9-27-21-13-17(6-7-18(19)21)24(32)29-10-1-2-11-29;/h3-9,12-13,20H,1-2,10-11,14H2,(H3,25,26)(H,27,28)(H,30,31);1H. The molecule has 33 heavy (non-hydrogen) atoms. The molecule has 3 aromatic rings. The number of amides is 1. The summed E-state index contributed by atoms with van der Waals surface area (Å²) in [7, 11) is 0. The zero-order valence-electron chi connectivity index (χ0n) is 18.0. The third-order valence-electron chi connectivity index (χ3n) is 5.69. The molecule has 2 heterocycles. The number of nitrogens with two attached hydrogens (primary N) is 1. The highest BCUT2D eigenvalue weighted by atomic mass is 35.5. The van der Waals surface area contributed by atoms with E-state index in [9.17, 15) is 14.7 Å². The highest BCUT2D eigenvalue weighted by Gasteiger charge is 2.21. The molecule has 0 saturated carbocycles. The fourth-order valence-electron chi connectivity index (χ4n) is 4.05. The van der Waals surface area contributed by atoms with Crippen molar-refractivity contribution in [1.29, 1.82) is 5.41 Å². The van der Waals surface area contributed by atoms with Crippen LogP contribution in [-0.2, 0) is 4.79 Å². The van der Waals surface area contributed by atoms with E-state index in [4.69, 9.17) is 11.1 Å². The summed E-state index contributed by atoms with van der Waals surface area (Å²) >= 11 is 0. The minimum atomic E-state index is -0.951. The van der Waals surface area contributed by atoms with Crippen LogP contribution in [0, 0.1) is 5.41 Å². The molecule has 0 aliphatic carbocycles. The number of carboxylic acids is 1. The molecule has 0 spiro atoms. The quantitative estimate of drug-likeness (QED) is 0.308. The number of carbonyl (C=O) groups is 2. The molecular weight excluding hydrogens is 442 g/mol. The Morgan fingerprint density at radius 3 is 2.58 bits per heavy atom. The van der Waals surface area contributed by atoms with Crippen molar-refractivity contribution < 1.29 is 14.7 Å². The van der Waals surface area contributed by atoms with Crippen LogP contribution in [0.5, 0.6) is 0 Å². The van der Waals surface area contributed by atoms with Gasteiger partial charge in [-0.1, -0.05) is 18.2 Å². The third-order valence-corrected chi connectivity index (χ3v) is 5.69. The van der Waals surface area contributed by atoms with Crippen molar-refractivity contribution in [2.45, 2.75) is 25.3 Å². The number of nitrogen functional groups attached to an aromatic ring is 1. The van der Waals surface area contributed by atoms with Gasteiger partial charge in [0.05, 0.1) is 18.0 Å². The molecule has 2 aromatic carbocycles. The zero-order valence-corrected chi connectivity index (χ0v) is 18.8. The topological polar surface area (TPSA) is 132 Å². The second-order valence-electron chi connectivity index (χ2n) is 7.92. The lowest BCUT2D eigenvalue weighted by atomic mass is 10.00. The summed E-state index contributed by atoms with van der Waals surface area (Å²) in [5.74, 6) is -1.02. The number of amidine groups is 1. The average Bonchev–Trinajstić information content (AvgIpc) is 3.32. The molecule has 1 fully saturated rings. The number of hydrogen-bond donors (Lipinski definition) is 4. The normalized spacial score (nSPS) is 13.9. The number of fused-ring (bicyclic) bond motifs is 1. The Kier molecular flexibility index (Phi) is 7.50. The number of aromatic nitrogens is 1. The number of carboxylic acid groups (broad SMARTS) is 1. The molecule has 0 radical (unpaired) electrons. The van der Waals surface area contributed by atoms with Crippen LogP contribution in [0.2, 0.25) is 0 Å². The number of rotatable bonds is 7. The van der Waals surface area contributed by atoms with Crippen molar-refractivity contribution in [3.05, 3.63) is 71.4 Å². The smallest absolute Gasteiger partial charge is 0.305 e. The van der Waals surface area contributed by atoms with Crippen molar-refractivity contribution in [3.63, 3.8) is 0 Å². The fraction of sp³-hybridized carbons (Fsp3) is 0.250. The van der Waals surface area contributed by atoms with Crippen molar-refractivity contribution in [1.82, 2.24) is 9.88 Å². The fourth-order valence-corrected chi connectivity index (χ4v) is 4.05. The molecule has 172 valence electrons. The first-order valence-electron chi connectivity index (χ1n) is 10.5. The highest BCUT2D eigenvalue weighted by Crippen LogP contribution is 2.29. The Hall–Kier alpha value is -3.65. The molecule has 0 bridgehead atoms. The van der Waals surface area contributed by atoms with Gasteiger partial charge in [-0.05, 0) is 48.7 Å². The molecule has 1 atom stereocenters. The van der Waals surface area contributed by atoms with Gasteiger partial charge in [-0.2, -0.15) is 0 Å². The number of nitrogens with one attached hydrogen (secondary N) is 2. The Morgan fingerprint density at radius 2 is 1.88 bits per heavy atom. The predicted molar refractivity (Wildman–Crippen MR) is 130 cm³/mol. The van der Waals surface area contributed by atoms with Crippen LogP contribution in [0.3, 0.4) is 0 Å². The largest absolute Gasteiger partial charge is 0.481 e. The summed E-state index contributed by atoms with van der Waals surface area (Å²) in [6.07, 6.45) is 3.54. The van der Waals surface area contributed by atoms with Gasteiger partial charge in [-0.3, -0.25) is 20.0 Å². The van der Waals surface area contributed by atoms with Gasteiger partial charge < -0.3 is 21.1 Å². The molecule has 1 amide bonds. The second-order valence-corrected chi connectivity index (χ2v) is 7.92. The minimum Gasteiger partial charge on any atom is -0.481 e. The SMILES string of the molecule is Cl.N=C(N)c1cccc(C(CC(=O)O)Nc2ccnc3cc(C(=O)N4CCCC4)ccc23)c1. The first-order chi connectivity index (χ1) is 15.4. The number of hydrogen-bond acceptors (Lipinski definition) is 5. The molecule has 1 aliphatic heterocycles. The number of halogens is 1. The van der Waals surface area contributed by atoms with Gasteiger partial charge in [0.15, 0.2) is 0 Å². The molecule has 1 aliphatic rings. The van der Waals surface area contributed by atoms with Gasteiger partial charge in [-0.15, -0.1) is 12.4 Å². The Balaban J connectivity index is 0.00000306. The Labute approximate surface area is 197 Å². The van der Waals surface area contributed by atoms with E-state index < -0.39 is 12.0 Å². The van der Waals surface area contributed by atoms with E-state index in [0.717, 1.165) is 37.0 Å². The van der Waals surface area contributed by atoms with Crippen LogP contribution in [0.25, 0.3) is 10.9 Å². The number of anilines is 1. The number of aliphatic carboxylic acids is 1. The average molecular weight is 468 g/mol. The first-order valence-corrected chi connectivity index (χ1v) is 10.5. The van der Waals surface area contributed by atoms with E-state index in [2.05, 4.69) is 10.3 Å². The molecule has 8 nitrogen and oxygen atoms in total. The Bertz CT molecular complexity index is 1190. The summed E-state index contributed by atoms with van der Waals surface area (Å²) < 4.78 is 0. The van der Waals surface area contributed by atoms with E-state index in [1.54, 1.807) is 42.6 Å². The van der Waals surface area contributed by atoms with Crippen molar-refractivity contribution in [3.8, 4) is 0 Å². The maximum Gasteiger partial charge on any atom is 0.305 e. The molecule has 5 N–H and O–H groups in total. The highest BCUT2D eigenvalue weighted by molar-refractivity contribution is 6.00. The summed E-state index contributed by atoms with van der Waals surface area (Å²) in [6, 6.07) is 13.7. The lowest BCUT2D eigenvalue weighted by Crippen LogP contribution is -2.27. The molecule has 1 aromatic heterocycles. The lowest BCUT2D eigenvalue weighted by Gasteiger charge is -2.21. The molecule has 1 unspecified atom stereocenters. The minimum absolute atomic E-state index is 0. The molecule has 4 rings (SSSR count). The maximum atomic E-state index is 12.7. The van der Waals surface area contributed by atoms with E-state index in [1.165, 1.54) is 0 Å². The van der Waals surface area contributed by atoms with E-state index in [-0.39, 0.29) is 30.6 Å². The summed E-state index contributed by atoms with van der Waals surface area (Å²) in [4.78, 5) is 30.5. The summed E-state index contributed by atoms with van der Waals surface area (Å²) in [6.45, 7) is 1.56. The van der Waals surface area contributed by atoms with Crippen molar-refractivity contribution in [2.24, 2.45) is 5.73 Å². The monoisotopic (exact) mass is 467 g/mol. The van der Waals surface area contributed by atoms with Crippen LogP contribution >= 0.6 is 12.4 Å². The van der Waals surface area contributed by atoms with Crippen LogP contribution in [-0.4, -0.2) is 45.8 Å². The lowest BCUT2D eigenvalue weighted by molar-refractivity contribution is -0.137. The number of likely N-dealkylation sites (tertiary alicyclic amines) is 1. The summed E-state index contributed by atoms with van der Waals surface area (Å²) in [5, 5.41) is 21.2. The van der Waals surface area contributed by atoms with E-state index in [1.807, 2.05) is 17.0 Å². The van der Waals surface area contributed by atoms with E-state index >= 15 is 0 Å². The second kappa shape index (κ2) is 10.3. The molecular formula is C24H26ClN5O3. The van der Waals surface area contributed by atoms with Crippen LogP contribution in [0.4, 0.5) is 5.69 Å². The third kappa shape index (κ3) is 5.40. The number of carbonyl (C=O) groups excluding carboxylic acids is 1. The van der Waals surface area contributed by atoms with Gasteiger partial charge in [0.2, 0.25) is 0 Å². The maximum absolute atomic E-state index is 12.7.